The molecular weight excluding hydrogens is 188 g/mol. The SMILES string of the molecule is CC1CCn2nc(C3CCCN3)nc2C1. The Hall–Kier alpha value is -0.900. The van der Waals surface area contributed by atoms with E-state index in [0.717, 1.165) is 31.3 Å². The molecule has 3 heterocycles. The van der Waals surface area contributed by atoms with Crippen LogP contribution >= 0.6 is 0 Å². The lowest BCUT2D eigenvalue weighted by molar-refractivity contribution is 0.384. The maximum absolute atomic E-state index is 4.67. The van der Waals surface area contributed by atoms with Gasteiger partial charge in [-0.1, -0.05) is 6.92 Å². The summed E-state index contributed by atoms with van der Waals surface area (Å²) in [4.78, 5) is 4.67. The molecule has 4 nitrogen and oxygen atoms in total. The molecule has 1 aromatic rings. The minimum Gasteiger partial charge on any atom is -0.307 e. The Balaban J connectivity index is 1.85. The summed E-state index contributed by atoms with van der Waals surface area (Å²) >= 11 is 0. The van der Waals surface area contributed by atoms with E-state index in [1.54, 1.807) is 0 Å². The first-order chi connectivity index (χ1) is 7.33. The Bertz CT molecular complexity index is 351. The van der Waals surface area contributed by atoms with Crippen molar-refractivity contribution >= 4 is 0 Å². The van der Waals surface area contributed by atoms with Crippen LogP contribution in [0.1, 0.15) is 43.9 Å². The maximum Gasteiger partial charge on any atom is 0.167 e. The minimum absolute atomic E-state index is 0.415. The number of aryl methyl sites for hydroxylation is 1. The van der Waals surface area contributed by atoms with E-state index in [2.05, 4.69) is 27.0 Å². The Morgan fingerprint density at radius 1 is 1.40 bits per heavy atom. The first kappa shape index (κ1) is 9.33. The van der Waals surface area contributed by atoms with E-state index in [9.17, 15) is 0 Å². The number of nitrogens with zero attached hydrogens (tertiary/aromatic N) is 3. The van der Waals surface area contributed by atoms with E-state index in [4.69, 9.17) is 0 Å². The van der Waals surface area contributed by atoms with Gasteiger partial charge in [0, 0.05) is 13.0 Å². The van der Waals surface area contributed by atoms with E-state index in [-0.39, 0.29) is 0 Å². The Morgan fingerprint density at radius 3 is 3.13 bits per heavy atom. The van der Waals surface area contributed by atoms with Crippen LogP contribution in [0.25, 0.3) is 0 Å². The first-order valence-corrected chi connectivity index (χ1v) is 6.00. The van der Waals surface area contributed by atoms with Crippen LogP contribution in [0.2, 0.25) is 0 Å². The van der Waals surface area contributed by atoms with Crippen molar-refractivity contribution in [2.75, 3.05) is 6.54 Å². The van der Waals surface area contributed by atoms with E-state index in [1.165, 1.54) is 25.1 Å². The van der Waals surface area contributed by atoms with Gasteiger partial charge in [-0.3, -0.25) is 0 Å². The lowest BCUT2D eigenvalue weighted by atomic mass is 10.0. The van der Waals surface area contributed by atoms with Crippen LogP contribution in [-0.2, 0) is 13.0 Å². The van der Waals surface area contributed by atoms with Crippen LogP contribution < -0.4 is 5.32 Å². The van der Waals surface area contributed by atoms with Crippen molar-refractivity contribution in [3.63, 3.8) is 0 Å². The minimum atomic E-state index is 0.415. The molecule has 1 N–H and O–H groups in total. The van der Waals surface area contributed by atoms with Gasteiger partial charge in [0.2, 0.25) is 0 Å². The third-order valence-electron chi connectivity index (χ3n) is 3.50. The maximum atomic E-state index is 4.67. The molecule has 1 saturated heterocycles. The van der Waals surface area contributed by atoms with E-state index in [0.29, 0.717) is 6.04 Å². The summed E-state index contributed by atoms with van der Waals surface area (Å²) in [6.45, 7) is 4.47. The Kier molecular flexibility index (Phi) is 2.24. The third kappa shape index (κ3) is 1.67. The van der Waals surface area contributed by atoms with E-state index >= 15 is 0 Å². The molecule has 15 heavy (non-hydrogen) atoms. The van der Waals surface area contributed by atoms with Crippen LogP contribution in [0, 0.1) is 5.92 Å². The molecule has 0 aromatic carbocycles. The van der Waals surface area contributed by atoms with Gasteiger partial charge >= 0.3 is 0 Å². The lowest BCUT2D eigenvalue weighted by Crippen LogP contribution is -2.18. The topological polar surface area (TPSA) is 42.7 Å². The zero-order valence-corrected chi connectivity index (χ0v) is 9.24. The smallest absolute Gasteiger partial charge is 0.167 e. The molecule has 1 aromatic heterocycles. The molecular formula is C11H18N4. The highest BCUT2D eigenvalue weighted by Crippen LogP contribution is 2.23. The van der Waals surface area contributed by atoms with Crippen molar-refractivity contribution in [2.24, 2.45) is 5.92 Å². The molecule has 0 bridgehead atoms. The zero-order chi connectivity index (χ0) is 10.3. The summed E-state index contributed by atoms with van der Waals surface area (Å²) in [7, 11) is 0. The Labute approximate surface area is 90.1 Å². The van der Waals surface area contributed by atoms with Gasteiger partial charge < -0.3 is 5.32 Å². The summed E-state index contributed by atoms with van der Waals surface area (Å²) < 4.78 is 2.11. The summed E-state index contributed by atoms with van der Waals surface area (Å²) in [5.41, 5.74) is 0. The second-order valence-electron chi connectivity index (χ2n) is 4.86. The number of aromatic nitrogens is 3. The quantitative estimate of drug-likeness (QED) is 0.752. The summed E-state index contributed by atoms with van der Waals surface area (Å²) in [6, 6.07) is 0.415. The predicted octanol–water partition coefficient (Wildman–Crippen LogP) is 1.28. The van der Waals surface area contributed by atoms with Crippen LogP contribution in [0.3, 0.4) is 0 Å². The molecule has 0 spiro atoms. The van der Waals surface area contributed by atoms with Crippen LogP contribution in [-0.4, -0.2) is 21.3 Å². The molecule has 4 heteroatoms. The third-order valence-corrected chi connectivity index (χ3v) is 3.50. The molecule has 1 fully saturated rings. The standard InChI is InChI=1S/C11H18N4/c1-8-4-6-15-10(7-8)13-11(14-15)9-3-2-5-12-9/h8-9,12H,2-7H2,1H3. The number of hydrogen-bond donors (Lipinski definition) is 1. The molecule has 3 rings (SSSR count). The van der Waals surface area contributed by atoms with Crippen molar-refractivity contribution < 1.29 is 0 Å². The molecule has 2 atom stereocenters. The molecule has 2 unspecified atom stereocenters. The van der Waals surface area contributed by atoms with Gasteiger partial charge in [0.05, 0.1) is 6.04 Å². The normalized spacial score (nSPS) is 30.5. The second kappa shape index (κ2) is 3.59. The summed E-state index contributed by atoms with van der Waals surface area (Å²) in [5.74, 6) is 2.99. The molecule has 2 aliphatic heterocycles. The van der Waals surface area contributed by atoms with Gasteiger partial charge in [-0.05, 0) is 31.7 Å². The molecule has 0 radical (unpaired) electrons. The fraction of sp³-hybridized carbons (Fsp3) is 0.818. The number of hydrogen-bond acceptors (Lipinski definition) is 3. The van der Waals surface area contributed by atoms with Crippen LogP contribution in [0.5, 0.6) is 0 Å². The monoisotopic (exact) mass is 206 g/mol. The molecule has 0 saturated carbocycles. The van der Waals surface area contributed by atoms with Gasteiger partial charge in [0.1, 0.15) is 5.82 Å². The fourth-order valence-electron chi connectivity index (χ4n) is 2.53. The molecule has 82 valence electrons. The second-order valence-corrected chi connectivity index (χ2v) is 4.86. The average Bonchev–Trinajstić information content (AvgIpc) is 2.84. The first-order valence-electron chi connectivity index (χ1n) is 6.00. The number of nitrogens with one attached hydrogen (secondary N) is 1. The van der Waals surface area contributed by atoms with Crippen LogP contribution in [0.4, 0.5) is 0 Å². The highest BCUT2D eigenvalue weighted by atomic mass is 15.4. The van der Waals surface area contributed by atoms with Gasteiger partial charge in [0.25, 0.3) is 0 Å². The van der Waals surface area contributed by atoms with Gasteiger partial charge in [0.15, 0.2) is 5.82 Å². The predicted molar refractivity (Wildman–Crippen MR) is 57.5 cm³/mol. The highest BCUT2D eigenvalue weighted by molar-refractivity contribution is 5.02. The van der Waals surface area contributed by atoms with Crippen molar-refractivity contribution in [2.45, 2.75) is 45.2 Å². The molecule has 0 aliphatic carbocycles. The fourth-order valence-corrected chi connectivity index (χ4v) is 2.53. The summed E-state index contributed by atoms with van der Waals surface area (Å²) in [5, 5.41) is 8.07. The van der Waals surface area contributed by atoms with E-state index < -0.39 is 0 Å². The summed E-state index contributed by atoms with van der Waals surface area (Å²) in [6.07, 6.45) is 4.79. The largest absolute Gasteiger partial charge is 0.307 e. The van der Waals surface area contributed by atoms with Crippen molar-refractivity contribution in [1.82, 2.24) is 20.1 Å². The zero-order valence-electron chi connectivity index (χ0n) is 9.24. The van der Waals surface area contributed by atoms with Gasteiger partial charge in [-0.15, -0.1) is 0 Å². The van der Waals surface area contributed by atoms with Gasteiger partial charge in [-0.2, -0.15) is 5.10 Å². The average molecular weight is 206 g/mol. The van der Waals surface area contributed by atoms with Gasteiger partial charge in [-0.25, -0.2) is 9.67 Å². The van der Waals surface area contributed by atoms with Crippen LogP contribution in [0.15, 0.2) is 0 Å². The number of rotatable bonds is 1. The Morgan fingerprint density at radius 2 is 2.33 bits per heavy atom. The molecule has 2 aliphatic rings. The highest BCUT2D eigenvalue weighted by Gasteiger charge is 2.24. The number of fused-ring (bicyclic) bond motifs is 1. The van der Waals surface area contributed by atoms with Crippen molar-refractivity contribution in [3.8, 4) is 0 Å². The lowest BCUT2D eigenvalue weighted by Gasteiger charge is -2.17. The van der Waals surface area contributed by atoms with Crippen molar-refractivity contribution in [1.29, 1.82) is 0 Å². The van der Waals surface area contributed by atoms with E-state index in [1.807, 2.05) is 0 Å². The van der Waals surface area contributed by atoms with Crippen molar-refractivity contribution in [3.05, 3.63) is 11.6 Å². The molecule has 0 amide bonds.